The molecule has 0 aliphatic heterocycles. The Labute approximate surface area is 90.9 Å². The molecule has 1 nitrogen and oxygen atoms in total. The molecule has 0 atom stereocenters. The van der Waals surface area contributed by atoms with Gasteiger partial charge in [0.25, 0.3) is 0 Å². The van der Waals surface area contributed by atoms with Crippen LogP contribution in [-0.4, -0.2) is 4.98 Å². The lowest BCUT2D eigenvalue weighted by Gasteiger charge is -2.07. The average molecular weight is 225 g/mol. The van der Waals surface area contributed by atoms with E-state index >= 15 is 0 Å². The van der Waals surface area contributed by atoms with Crippen molar-refractivity contribution in [2.75, 3.05) is 0 Å². The SMILES string of the molecule is FC(F)(F)c1ccc(Cc2cc[nH]c2)cc1. The van der Waals surface area contributed by atoms with Crippen molar-refractivity contribution in [3.63, 3.8) is 0 Å². The van der Waals surface area contributed by atoms with Gasteiger partial charge in [-0.3, -0.25) is 0 Å². The van der Waals surface area contributed by atoms with Crippen LogP contribution in [0.2, 0.25) is 0 Å². The molecule has 1 heterocycles. The summed E-state index contributed by atoms with van der Waals surface area (Å²) in [6.45, 7) is 0. The Morgan fingerprint density at radius 3 is 2.12 bits per heavy atom. The van der Waals surface area contributed by atoms with Gasteiger partial charge < -0.3 is 4.98 Å². The van der Waals surface area contributed by atoms with Gasteiger partial charge in [-0.05, 0) is 35.7 Å². The minimum absolute atomic E-state index is 0.606. The van der Waals surface area contributed by atoms with Crippen LogP contribution in [0.25, 0.3) is 0 Å². The average Bonchev–Trinajstić information content (AvgIpc) is 2.70. The standard InChI is InChI=1S/C12H10F3N/c13-12(14,15)11-3-1-9(2-4-11)7-10-5-6-16-8-10/h1-6,8,16H,7H2. The molecule has 1 aromatic carbocycles. The number of alkyl halides is 3. The first-order valence-corrected chi connectivity index (χ1v) is 4.83. The lowest BCUT2D eigenvalue weighted by atomic mass is 10.1. The highest BCUT2D eigenvalue weighted by Crippen LogP contribution is 2.29. The minimum atomic E-state index is -4.26. The van der Waals surface area contributed by atoms with Crippen molar-refractivity contribution in [3.05, 3.63) is 59.4 Å². The van der Waals surface area contributed by atoms with Gasteiger partial charge in [0.15, 0.2) is 0 Å². The molecule has 16 heavy (non-hydrogen) atoms. The van der Waals surface area contributed by atoms with E-state index in [1.807, 2.05) is 12.3 Å². The predicted molar refractivity (Wildman–Crippen MR) is 55.0 cm³/mol. The van der Waals surface area contributed by atoms with E-state index in [2.05, 4.69) is 4.98 Å². The van der Waals surface area contributed by atoms with E-state index in [1.165, 1.54) is 12.1 Å². The molecule has 0 aliphatic rings. The van der Waals surface area contributed by atoms with Crippen LogP contribution < -0.4 is 0 Å². The third kappa shape index (κ3) is 2.45. The summed E-state index contributed by atoms with van der Waals surface area (Å²) in [5.74, 6) is 0. The van der Waals surface area contributed by atoms with Gasteiger partial charge in [0.2, 0.25) is 0 Å². The number of H-pyrrole nitrogens is 1. The summed E-state index contributed by atoms with van der Waals surface area (Å²) in [5, 5.41) is 0. The molecule has 2 aromatic rings. The zero-order chi connectivity index (χ0) is 11.6. The maximum Gasteiger partial charge on any atom is 0.416 e. The molecule has 0 bridgehead atoms. The second-order valence-electron chi connectivity index (χ2n) is 3.59. The number of aromatic amines is 1. The van der Waals surface area contributed by atoms with Crippen molar-refractivity contribution >= 4 is 0 Å². The van der Waals surface area contributed by atoms with Gasteiger partial charge in [0.05, 0.1) is 5.56 Å². The molecule has 0 aliphatic carbocycles. The highest BCUT2D eigenvalue weighted by atomic mass is 19.4. The summed E-state index contributed by atoms with van der Waals surface area (Å²) in [5.41, 5.74) is 1.32. The number of nitrogens with one attached hydrogen (secondary N) is 1. The Morgan fingerprint density at radius 2 is 1.62 bits per heavy atom. The summed E-state index contributed by atoms with van der Waals surface area (Å²) >= 11 is 0. The summed E-state index contributed by atoms with van der Waals surface area (Å²) < 4.78 is 36.9. The van der Waals surface area contributed by atoms with Gasteiger partial charge in [-0.15, -0.1) is 0 Å². The number of halogens is 3. The molecule has 0 radical (unpaired) electrons. The van der Waals surface area contributed by atoms with Gasteiger partial charge in [-0.1, -0.05) is 12.1 Å². The summed E-state index contributed by atoms with van der Waals surface area (Å²) in [4.78, 5) is 2.91. The second-order valence-corrected chi connectivity index (χ2v) is 3.59. The fourth-order valence-electron chi connectivity index (χ4n) is 1.52. The van der Waals surface area contributed by atoms with E-state index in [-0.39, 0.29) is 0 Å². The van der Waals surface area contributed by atoms with Crippen molar-refractivity contribution < 1.29 is 13.2 Å². The molecule has 84 valence electrons. The Balaban J connectivity index is 2.14. The fraction of sp³-hybridized carbons (Fsp3) is 0.167. The second kappa shape index (κ2) is 4.04. The molecule has 0 saturated carbocycles. The van der Waals surface area contributed by atoms with Gasteiger partial charge >= 0.3 is 6.18 Å². The molecular weight excluding hydrogens is 215 g/mol. The molecular formula is C12H10F3N. The van der Waals surface area contributed by atoms with E-state index in [0.717, 1.165) is 23.3 Å². The molecule has 2 rings (SSSR count). The van der Waals surface area contributed by atoms with E-state index in [9.17, 15) is 13.2 Å². The van der Waals surface area contributed by atoms with E-state index in [0.29, 0.717) is 6.42 Å². The fourth-order valence-corrected chi connectivity index (χ4v) is 1.52. The Kier molecular flexibility index (Phi) is 2.73. The Bertz CT molecular complexity index is 440. The van der Waals surface area contributed by atoms with Crippen molar-refractivity contribution in [1.29, 1.82) is 0 Å². The number of aromatic nitrogens is 1. The summed E-state index contributed by atoms with van der Waals surface area (Å²) in [6.07, 6.45) is 0.00530. The van der Waals surface area contributed by atoms with Gasteiger partial charge in [-0.2, -0.15) is 13.2 Å². The van der Waals surface area contributed by atoms with Gasteiger partial charge in [-0.25, -0.2) is 0 Å². The van der Waals surface area contributed by atoms with Crippen LogP contribution in [0.5, 0.6) is 0 Å². The summed E-state index contributed by atoms with van der Waals surface area (Å²) in [6, 6.07) is 7.15. The monoisotopic (exact) mass is 225 g/mol. The van der Waals surface area contributed by atoms with Crippen molar-refractivity contribution in [2.45, 2.75) is 12.6 Å². The number of hydrogen-bond donors (Lipinski definition) is 1. The molecule has 0 amide bonds. The van der Waals surface area contributed by atoms with E-state index in [1.54, 1.807) is 6.20 Å². The number of hydrogen-bond acceptors (Lipinski definition) is 0. The van der Waals surface area contributed by atoms with Crippen LogP contribution in [0.15, 0.2) is 42.7 Å². The lowest BCUT2D eigenvalue weighted by molar-refractivity contribution is -0.137. The highest BCUT2D eigenvalue weighted by Gasteiger charge is 2.29. The first kappa shape index (κ1) is 10.8. The Morgan fingerprint density at radius 1 is 0.938 bits per heavy atom. The van der Waals surface area contributed by atoms with Crippen LogP contribution >= 0.6 is 0 Å². The summed E-state index contributed by atoms with van der Waals surface area (Å²) in [7, 11) is 0. The third-order valence-corrected chi connectivity index (χ3v) is 2.35. The van der Waals surface area contributed by atoms with Gasteiger partial charge in [0.1, 0.15) is 0 Å². The zero-order valence-electron chi connectivity index (χ0n) is 8.38. The van der Waals surface area contributed by atoms with E-state index in [4.69, 9.17) is 0 Å². The molecule has 0 spiro atoms. The number of rotatable bonds is 2. The molecule has 4 heteroatoms. The molecule has 1 N–H and O–H groups in total. The van der Waals surface area contributed by atoms with Crippen LogP contribution in [0, 0.1) is 0 Å². The maximum absolute atomic E-state index is 12.3. The minimum Gasteiger partial charge on any atom is -0.367 e. The van der Waals surface area contributed by atoms with Crippen molar-refractivity contribution in [2.24, 2.45) is 0 Å². The quantitative estimate of drug-likeness (QED) is 0.803. The van der Waals surface area contributed by atoms with Gasteiger partial charge in [0, 0.05) is 12.4 Å². The smallest absolute Gasteiger partial charge is 0.367 e. The van der Waals surface area contributed by atoms with Crippen molar-refractivity contribution in [3.8, 4) is 0 Å². The molecule has 1 aromatic heterocycles. The van der Waals surface area contributed by atoms with Crippen LogP contribution in [0.3, 0.4) is 0 Å². The topological polar surface area (TPSA) is 15.8 Å². The van der Waals surface area contributed by atoms with Crippen LogP contribution in [-0.2, 0) is 12.6 Å². The predicted octanol–water partition coefficient (Wildman–Crippen LogP) is 3.62. The lowest BCUT2D eigenvalue weighted by Crippen LogP contribution is -2.04. The molecule has 0 unspecified atom stereocenters. The van der Waals surface area contributed by atoms with Crippen molar-refractivity contribution in [1.82, 2.24) is 4.98 Å². The Hall–Kier alpha value is -1.71. The van der Waals surface area contributed by atoms with Crippen LogP contribution in [0.4, 0.5) is 13.2 Å². The first-order chi connectivity index (χ1) is 7.55. The first-order valence-electron chi connectivity index (χ1n) is 4.83. The normalized spacial score (nSPS) is 11.7. The highest BCUT2D eigenvalue weighted by molar-refractivity contribution is 5.28. The molecule has 0 saturated heterocycles. The molecule has 0 fully saturated rings. The van der Waals surface area contributed by atoms with Crippen LogP contribution in [0.1, 0.15) is 16.7 Å². The zero-order valence-corrected chi connectivity index (χ0v) is 8.38. The third-order valence-electron chi connectivity index (χ3n) is 2.35. The largest absolute Gasteiger partial charge is 0.416 e. The maximum atomic E-state index is 12.3. The number of benzene rings is 1. The van der Waals surface area contributed by atoms with E-state index < -0.39 is 11.7 Å².